The van der Waals surface area contributed by atoms with Gasteiger partial charge in [-0.15, -0.1) is 0 Å². The van der Waals surface area contributed by atoms with Gasteiger partial charge >= 0.3 is 0 Å². The molecule has 1 aromatic heterocycles. The van der Waals surface area contributed by atoms with E-state index in [2.05, 4.69) is 5.32 Å². The number of aromatic nitrogens is 1. The highest BCUT2D eigenvalue weighted by molar-refractivity contribution is 5.99. The molecule has 1 unspecified atom stereocenters. The number of amides is 1. The van der Waals surface area contributed by atoms with E-state index in [1.807, 2.05) is 54.1 Å². The number of rotatable bonds is 4. The fraction of sp³-hybridized carbons (Fsp3) is 0.286. The number of carbonyl (C=O) groups is 1. The summed E-state index contributed by atoms with van der Waals surface area (Å²) in [7, 11) is 5.15. The van der Waals surface area contributed by atoms with E-state index in [4.69, 9.17) is 14.2 Å². The highest BCUT2D eigenvalue weighted by atomic mass is 16.5. The van der Waals surface area contributed by atoms with Gasteiger partial charge in [-0.05, 0) is 36.8 Å². The van der Waals surface area contributed by atoms with Crippen LogP contribution in [0.5, 0.6) is 17.2 Å². The normalized spacial score (nSPS) is 15.7. The molecule has 1 aliphatic heterocycles. The lowest BCUT2D eigenvalue weighted by Gasteiger charge is -2.27. The molecule has 0 saturated carbocycles. The average molecular weight is 366 g/mol. The van der Waals surface area contributed by atoms with Crippen LogP contribution in [0.1, 0.15) is 16.1 Å². The number of fused-ring (bicyclic) bond motifs is 2. The number of aryl methyl sites for hydroxylation is 1. The SMILES string of the molecule is COc1ccc2c(c1)cc(C(=O)NC1COc3c(cccc3OC)C1)n2C. The van der Waals surface area contributed by atoms with Crippen LogP contribution in [-0.2, 0) is 13.5 Å². The van der Waals surface area contributed by atoms with Crippen LogP contribution in [-0.4, -0.2) is 37.3 Å². The van der Waals surface area contributed by atoms with Crippen LogP contribution in [0.3, 0.4) is 0 Å². The molecule has 0 bridgehead atoms. The standard InChI is InChI=1S/C21H22N2O4/c1-23-17-8-7-16(25-2)10-14(17)11-18(23)21(24)22-15-9-13-5-4-6-19(26-3)20(13)27-12-15/h4-8,10-11,15H,9,12H2,1-3H3,(H,22,24). The number of benzene rings is 2. The molecule has 0 saturated heterocycles. The lowest BCUT2D eigenvalue weighted by atomic mass is 10.0. The van der Waals surface area contributed by atoms with Crippen LogP contribution >= 0.6 is 0 Å². The van der Waals surface area contributed by atoms with Gasteiger partial charge < -0.3 is 24.1 Å². The lowest BCUT2D eigenvalue weighted by Crippen LogP contribution is -2.43. The third-order valence-corrected chi connectivity index (χ3v) is 4.99. The van der Waals surface area contributed by atoms with Crippen LogP contribution < -0.4 is 19.5 Å². The average Bonchev–Trinajstić information content (AvgIpc) is 3.03. The Labute approximate surface area is 157 Å². The van der Waals surface area contributed by atoms with E-state index in [0.29, 0.717) is 18.7 Å². The van der Waals surface area contributed by atoms with E-state index in [1.165, 1.54) is 0 Å². The van der Waals surface area contributed by atoms with Crippen molar-refractivity contribution in [2.24, 2.45) is 7.05 Å². The Hall–Kier alpha value is -3.15. The van der Waals surface area contributed by atoms with Crippen LogP contribution in [0.4, 0.5) is 0 Å². The second-order valence-electron chi connectivity index (χ2n) is 6.65. The Morgan fingerprint density at radius 2 is 2.04 bits per heavy atom. The van der Waals surface area contributed by atoms with Gasteiger partial charge in [-0.25, -0.2) is 0 Å². The molecule has 6 heteroatoms. The van der Waals surface area contributed by atoms with Crippen LogP contribution in [0.15, 0.2) is 42.5 Å². The molecule has 2 aromatic carbocycles. The first-order valence-corrected chi connectivity index (χ1v) is 8.83. The summed E-state index contributed by atoms with van der Waals surface area (Å²) >= 11 is 0. The first-order valence-electron chi connectivity index (χ1n) is 8.83. The van der Waals surface area contributed by atoms with Gasteiger partial charge in [-0.1, -0.05) is 12.1 Å². The van der Waals surface area contributed by atoms with Crippen molar-refractivity contribution in [3.8, 4) is 17.2 Å². The molecule has 0 aliphatic carbocycles. The highest BCUT2D eigenvalue weighted by Gasteiger charge is 2.25. The third kappa shape index (κ3) is 3.07. The summed E-state index contributed by atoms with van der Waals surface area (Å²) < 4.78 is 18.4. The van der Waals surface area contributed by atoms with Crippen LogP contribution in [0.2, 0.25) is 0 Å². The quantitative estimate of drug-likeness (QED) is 0.771. The number of carbonyl (C=O) groups excluding carboxylic acids is 1. The molecular weight excluding hydrogens is 344 g/mol. The molecule has 6 nitrogen and oxygen atoms in total. The molecule has 27 heavy (non-hydrogen) atoms. The first-order chi connectivity index (χ1) is 13.1. The summed E-state index contributed by atoms with van der Waals surface area (Å²) in [5.74, 6) is 2.14. The topological polar surface area (TPSA) is 61.7 Å². The van der Waals surface area contributed by atoms with Gasteiger partial charge in [0.1, 0.15) is 18.1 Å². The number of methoxy groups -OCH3 is 2. The highest BCUT2D eigenvalue weighted by Crippen LogP contribution is 2.34. The number of hydrogen-bond acceptors (Lipinski definition) is 4. The molecule has 1 amide bonds. The first kappa shape index (κ1) is 17.3. The van der Waals surface area contributed by atoms with Gasteiger partial charge in [0.15, 0.2) is 11.5 Å². The number of nitrogens with zero attached hydrogens (tertiary/aromatic N) is 1. The van der Waals surface area contributed by atoms with Crippen molar-refractivity contribution in [3.63, 3.8) is 0 Å². The predicted octanol–water partition coefficient (Wildman–Crippen LogP) is 2.93. The minimum Gasteiger partial charge on any atom is -0.497 e. The van der Waals surface area contributed by atoms with E-state index in [-0.39, 0.29) is 11.9 Å². The fourth-order valence-electron chi connectivity index (χ4n) is 3.58. The number of hydrogen-bond donors (Lipinski definition) is 1. The smallest absolute Gasteiger partial charge is 0.268 e. The van der Waals surface area contributed by atoms with E-state index < -0.39 is 0 Å². The zero-order chi connectivity index (χ0) is 19.0. The molecule has 1 atom stereocenters. The fourth-order valence-corrected chi connectivity index (χ4v) is 3.58. The van der Waals surface area contributed by atoms with E-state index >= 15 is 0 Å². The largest absolute Gasteiger partial charge is 0.497 e. The maximum Gasteiger partial charge on any atom is 0.268 e. The van der Waals surface area contributed by atoms with E-state index in [0.717, 1.165) is 33.7 Å². The summed E-state index contributed by atoms with van der Waals surface area (Å²) in [6.07, 6.45) is 0.704. The lowest BCUT2D eigenvalue weighted by molar-refractivity contribution is 0.0906. The molecule has 140 valence electrons. The van der Waals surface area contributed by atoms with Crippen molar-refractivity contribution in [2.45, 2.75) is 12.5 Å². The Balaban J connectivity index is 1.54. The second kappa shape index (κ2) is 6.87. The molecule has 1 N–H and O–H groups in total. The summed E-state index contributed by atoms with van der Waals surface area (Å²) in [5, 5.41) is 4.06. The Morgan fingerprint density at radius 1 is 1.19 bits per heavy atom. The maximum atomic E-state index is 12.8. The van der Waals surface area contributed by atoms with Gasteiger partial charge in [0.2, 0.25) is 0 Å². The Bertz CT molecular complexity index is 1010. The monoisotopic (exact) mass is 366 g/mol. The zero-order valence-corrected chi connectivity index (χ0v) is 15.6. The minimum atomic E-state index is -0.118. The van der Waals surface area contributed by atoms with Gasteiger partial charge in [0.25, 0.3) is 5.91 Å². The number of ether oxygens (including phenoxy) is 3. The predicted molar refractivity (Wildman–Crippen MR) is 103 cm³/mol. The van der Waals surface area contributed by atoms with Crippen molar-refractivity contribution in [1.29, 1.82) is 0 Å². The van der Waals surface area contributed by atoms with Crippen molar-refractivity contribution < 1.29 is 19.0 Å². The Morgan fingerprint density at radius 3 is 2.81 bits per heavy atom. The molecule has 3 aromatic rings. The van der Waals surface area contributed by atoms with Crippen LogP contribution in [0.25, 0.3) is 10.9 Å². The minimum absolute atomic E-state index is 0.0929. The molecule has 0 fully saturated rings. The van der Waals surface area contributed by atoms with E-state index in [1.54, 1.807) is 14.2 Å². The van der Waals surface area contributed by atoms with Gasteiger partial charge in [0.05, 0.1) is 20.3 Å². The maximum absolute atomic E-state index is 12.8. The summed E-state index contributed by atoms with van der Waals surface area (Å²) in [6.45, 7) is 0.414. The van der Waals surface area contributed by atoms with Gasteiger partial charge in [0, 0.05) is 23.5 Å². The molecule has 0 radical (unpaired) electrons. The Kier molecular flexibility index (Phi) is 4.39. The van der Waals surface area contributed by atoms with E-state index in [9.17, 15) is 4.79 Å². The summed E-state index contributed by atoms with van der Waals surface area (Å²) in [6, 6.07) is 13.4. The number of nitrogens with one attached hydrogen (secondary N) is 1. The molecule has 1 aliphatic rings. The van der Waals surface area contributed by atoms with Crippen molar-refractivity contribution in [2.75, 3.05) is 20.8 Å². The zero-order valence-electron chi connectivity index (χ0n) is 15.6. The third-order valence-electron chi connectivity index (χ3n) is 4.99. The van der Waals surface area contributed by atoms with Crippen molar-refractivity contribution >= 4 is 16.8 Å². The molecule has 4 rings (SSSR count). The van der Waals surface area contributed by atoms with Crippen molar-refractivity contribution in [1.82, 2.24) is 9.88 Å². The molecular formula is C21H22N2O4. The number of para-hydroxylation sites is 1. The summed E-state index contributed by atoms with van der Waals surface area (Å²) in [4.78, 5) is 12.8. The molecule has 2 heterocycles. The van der Waals surface area contributed by atoms with Gasteiger partial charge in [-0.3, -0.25) is 4.79 Å². The van der Waals surface area contributed by atoms with Gasteiger partial charge in [-0.2, -0.15) is 0 Å². The summed E-state index contributed by atoms with van der Waals surface area (Å²) in [5.41, 5.74) is 2.62. The van der Waals surface area contributed by atoms with Crippen LogP contribution in [0, 0.1) is 0 Å². The molecule has 0 spiro atoms. The second-order valence-corrected chi connectivity index (χ2v) is 6.65. The van der Waals surface area contributed by atoms with Crippen molar-refractivity contribution in [3.05, 3.63) is 53.7 Å².